The summed E-state index contributed by atoms with van der Waals surface area (Å²) in [6.07, 6.45) is 0. The number of carbonyl (C=O) groups excluding carboxylic acids is 1. The van der Waals surface area contributed by atoms with Crippen LogP contribution in [-0.2, 0) is 20.6 Å². The van der Waals surface area contributed by atoms with Crippen LogP contribution in [0.15, 0.2) is 113 Å². The second-order valence-corrected chi connectivity index (χ2v) is 11.0. The number of halogens is 1. The first kappa shape index (κ1) is 25.5. The normalized spacial score (nSPS) is 11.2. The minimum atomic E-state index is -4.19. The third-order valence-corrected chi connectivity index (χ3v) is 8.26. The fraction of sp³-hybridized carbons (Fsp3) is 0.107. The van der Waals surface area contributed by atoms with E-state index in [1.54, 1.807) is 36.0 Å². The molecule has 0 aliphatic heterocycles. The highest BCUT2D eigenvalue weighted by Gasteiger charge is 2.29. The second-order valence-electron chi connectivity index (χ2n) is 8.12. The fourth-order valence-electron chi connectivity index (χ4n) is 3.49. The van der Waals surface area contributed by atoms with E-state index < -0.39 is 28.3 Å². The molecule has 36 heavy (non-hydrogen) atoms. The van der Waals surface area contributed by atoms with Crippen molar-refractivity contribution in [2.24, 2.45) is 0 Å². The average molecular weight is 521 g/mol. The minimum Gasteiger partial charge on any atom is -0.325 e. The molecule has 4 aromatic carbocycles. The number of aryl methyl sites for hydroxylation is 1. The number of rotatable bonds is 9. The van der Waals surface area contributed by atoms with Gasteiger partial charge in [-0.3, -0.25) is 9.10 Å². The first-order chi connectivity index (χ1) is 17.3. The van der Waals surface area contributed by atoms with Gasteiger partial charge in [0.15, 0.2) is 0 Å². The zero-order valence-electron chi connectivity index (χ0n) is 19.6. The van der Waals surface area contributed by atoms with Crippen molar-refractivity contribution in [3.63, 3.8) is 0 Å². The summed E-state index contributed by atoms with van der Waals surface area (Å²) >= 11 is 1.71. The average Bonchev–Trinajstić information content (AvgIpc) is 2.88. The number of anilines is 2. The molecule has 1 amide bonds. The summed E-state index contributed by atoms with van der Waals surface area (Å²) in [5.41, 5.74) is 2.29. The molecule has 0 bridgehead atoms. The van der Waals surface area contributed by atoms with Crippen molar-refractivity contribution >= 4 is 39.1 Å². The molecule has 5 nitrogen and oxygen atoms in total. The lowest BCUT2D eigenvalue weighted by Gasteiger charge is -2.24. The molecule has 4 aromatic rings. The van der Waals surface area contributed by atoms with E-state index in [9.17, 15) is 17.6 Å². The highest BCUT2D eigenvalue weighted by Crippen LogP contribution is 2.27. The summed E-state index contributed by atoms with van der Waals surface area (Å²) in [4.78, 5) is 14.0. The van der Waals surface area contributed by atoms with E-state index in [1.807, 2.05) is 49.4 Å². The summed E-state index contributed by atoms with van der Waals surface area (Å²) in [7, 11) is -4.19. The van der Waals surface area contributed by atoms with E-state index in [0.29, 0.717) is 5.69 Å². The Morgan fingerprint density at radius 3 is 2.17 bits per heavy atom. The Morgan fingerprint density at radius 1 is 0.861 bits per heavy atom. The van der Waals surface area contributed by atoms with E-state index in [-0.39, 0.29) is 10.6 Å². The van der Waals surface area contributed by atoms with Crippen molar-refractivity contribution in [3.8, 4) is 0 Å². The van der Waals surface area contributed by atoms with Gasteiger partial charge in [-0.05, 0) is 61.0 Å². The zero-order valence-corrected chi connectivity index (χ0v) is 21.2. The Balaban J connectivity index is 1.49. The van der Waals surface area contributed by atoms with Gasteiger partial charge in [0.1, 0.15) is 12.4 Å². The molecule has 0 aliphatic carbocycles. The highest BCUT2D eigenvalue weighted by atomic mass is 32.2. The molecule has 184 valence electrons. The molecule has 8 heteroatoms. The van der Waals surface area contributed by atoms with Crippen molar-refractivity contribution < 1.29 is 17.6 Å². The minimum absolute atomic E-state index is 0.0237. The van der Waals surface area contributed by atoms with E-state index >= 15 is 0 Å². The Hall–Kier alpha value is -3.62. The van der Waals surface area contributed by atoms with Gasteiger partial charge in [0.25, 0.3) is 10.0 Å². The lowest BCUT2D eigenvalue weighted by molar-refractivity contribution is -0.114. The van der Waals surface area contributed by atoms with Crippen LogP contribution in [-0.4, -0.2) is 20.9 Å². The third kappa shape index (κ3) is 6.33. The van der Waals surface area contributed by atoms with E-state index in [1.165, 1.54) is 30.3 Å². The van der Waals surface area contributed by atoms with Crippen LogP contribution in [0.4, 0.5) is 15.8 Å². The fourth-order valence-corrected chi connectivity index (χ4v) is 5.79. The molecule has 1 N–H and O–H groups in total. The maximum Gasteiger partial charge on any atom is 0.264 e. The molecule has 0 aliphatic rings. The number of hydrogen-bond donors (Lipinski definition) is 1. The number of para-hydroxylation sites is 1. The lowest BCUT2D eigenvalue weighted by atomic mass is 10.2. The first-order valence-corrected chi connectivity index (χ1v) is 13.7. The molecule has 0 unspecified atom stereocenters. The van der Waals surface area contributed by atoms with Crippen LogP contribution in [0.25, 0.3) is 0 Å². The van der Waals surface area contributed by atoms with Crippen LogP contribution in [0.3, 0.4) is 0 Å². The lowest BCUT2D eigenvalue weighted by Crippen LogP contribution is -2.38. The summed E-state index contributed by atoms with van der Waals surface area (Å²) in [5, 5.41) is 2.72. The number of sulfonamides is 1. The second kappa shape index (κ2) is 11.4. The molecule has 0 saturated heterocycles. The number of amides is 1. The Bertz CT molecular complexity index is 1430. The standard InChI is InChI=1S/C28H25FN2O3S2/c1-21-11-17-25(18-12-21)36(33,34)31(27-10-6-5-9-26(27)29)19-28(32)30-23-15-13-22(14-16-23)20-35-24-7-3-2-4-8-24/h2-18H,19-20H2,1H3,(H,30,32). The van der Waals surface area contributed by atoms with Crippen molar-refractivity contribution in [2.75, 3.05) is 16.2 Å². The summed E-state index contributed by atoms with van der Waals surface area (Å²) < 4.78 is 42.2. The number of benzene rings is 4. The SMILES string of the molecule is Cc1ccc(S(=O)(=O)N(CC(=O)Nc2ccc(CSc3ccccc3)cc2)c2ccccc2F)cc1. The molecule has 0 spiro atoms. The third-order valence-electron chi connectivity index (χ3n) is 5.40. The van der Waals surface area contributed by atoms with Gasteiger partial charge in [-0.25, -0.2) is 12.8 Å². The summed E-state index contributed by atoms with van der Waals surface area (Å²) in [6.45, 7) is 1.26. The van der Waals surface area contributed by atoms with Gasteiger partial charge in [0.05, 0.1) is 10.6 Å². The first-order valence-electron chi connectivity index (χ1n) is 11.2. The molecule has 0 heterocycles. The largest absolute Gasteiger partial charge is 0.325 e. The maximum atomic E-state index is 14.6. The van der Waals surface area contributed by atoms with E-state index in [0.717, 1.165) is 32.1 Å². The van der Waals surface area contributed by atoms with Crippen molar-refractivity contribution in [1.82, 2.24) is 0 Å². The Morgan fingerprint density at radius 2 is 1.50 bits per heavy atom. The number of hydrogen-bond acceptors (Lipinski definition) is 4. The van der Waals surface area contributed by atoms with Crippen LogP contribution in [0.5, 0.6) is 0 Å². The Labute approximate surface area is 215 Å². The smallest absolute Gasteiger partial charge is 0.264 e. The van der Waals surface area contributed by atoms with Gasteiger partial charge in [-0.2, -0.15) is 0 Å². The molecule has 0 saturated carbocycles. The van der Waals surface area contributed by atoms with Gasteiger partial charge < -0.3 is 5.32 Å². The van der Waals surface area contributed by atoms with Crippen LogP contribution in [0.2, 0.25) is 0 Å². The predicted octanol–water partition coefficient (Wildman–Crippen LogP) is 6.26. The molecule has 0 fully saturated rings. The number of nitrogens with zero attached hydrogens (tertiary/aromatic N) is 1. The number of nitrogens with one attached hydrogen (secondary N) is 1. The summed E-state index contributed by atoms with van der Waals surface area (Å²) in [5.74, 6) is -0.546. The van der Waals surface area contributed by atoms with Gasteiger partial charge in [-0.1, -0.05) is 60.2 Å². The number of carbonyl (C=O) groups is 1. The number of thioether (sulfide) groups is 1. The zero-order chi connectivity index (χ0) is 25.5. The molecule has 0 radical (unpaired) electrons. The molecule has 0 aromatic heterocycles. The van der Waals surface area contributed by atoms with Gasteiger partial charge in [-0.15, -0.1) is 11.8 Å². The monoisotopic (exact) mass is 520 g/mol. The molecule has 4 rings (SSSR count). The van der Waals surface area contributed by atoms with E-state index in [4.69, 9.17) is 0 Å². The van der Waals surface area contributed by atoms with Gasteiger partial charge in [0, 0.05) is 16.3 Å². The van der Waals surface area contributed by atoms with Crippen molar-refractivity contribution in [2.45, 2.75) is 22.5 Å². The van der Waals surface area contributed by atoms with Crippen LogP contribution < -0.4 is 9.62 Å². The Kier molecular flexibility index (Phi) is 8.07. The highest BCUT2D eigenvalue weighted by molar-refractivity contribution is 7.98. The topological polar surface area (TPSA) is 66.5 Å². The predicted molar refractivity (Wildman–Crippen MR) is 143 cm³/mol. The van der Waals surface area contributed by atoms with Crippen LogP contribution in [0.1, 0.15) is 11.1 Å². The maximum absolute atomic E-state index is 14.6. The summed E-state index contributed by atoms with van der Waals surface area (Å²) in [6, 6.07) is 29.1. The molecule has 0 atom stereocenters. The van der Waals surface area contributed by atoms with Crippen molar-refractivity contribution in [1.29, 1.82) is 0 Å². The quantitative estimate of drug-likeness (QED) is 0.265. The van der Waals surface area contributed by atoms with Crippen molar-refractivity contribution in [3.05, 3.63) is 120 Å². The van der Waals surface area contributed by atoms with Crippen LogP contribution in [0, 0.1) is 12.7 Å². The molecular weight excluding hydrogens is 495 g/mol. The van der Waals surface area contributed by atoms with Gasteiger partial charge >= 0.3 is 0 Å². The van der Waals surface area contributed by atoms with Crippen LogP contribution >= 0.6 is 11.8 Å². The molecular formula is C28H25FN2O3S2. The van der Waals surface area contributed by atoms with Gasteiger partial charge in [0.2, 0.25) is 5.91 Å². The van der Waals surface area contributed by atoms with E-state index in [2.05, 4.69) is 5.32 Å².